The van der Waals surface area contributed by atoms with E-state index in [4.69, 9.17) is 19.6 Å². The Morgan fingerprint density at radius 1 is 1.41 bits per heavy atom. The number of carbonyl (C=O) groups excluding carboxylic acids is 1. The molecule has 0 aromatic rings. The quantitative estimate of drug-likeness (QED) is 0.566. The van der Waals surface area contributed by atoms with Crippen LogP contribution >= 0.6 is 11.8 Å². The molecule has 7 nitrogen and oxygen atoms in total. The average molecular weight is 263 g/mol. The summed E-state index contributed by atoms with van der Waals surface area (Å²) in [6, 6.07) is 0.0531. The molecular formula is C9H12N2O5S. The van der Waals surface area contributed by atoms with Crippen LogP contribution in [0.1, 0.15) is 11.0 Å². The number of hydrogen-bond acceptors (Lipinski definition) is 5. The maximum atomic E-state index is 11.1. The third kappa shape index (κ3) is 6.42. The number of nitriles is 1. The third-order valence-corrected chi connectivity index (χ3v) is 2.76. The zero-order valence-corrected chi connectivity index (χ0v) is 9.36. The molecule has 0 aliphatic heterocycles. The van der Waals surface area contributed by atoms with Crippen molar-refractivity contribution in [1.82, 2.24) is 5.32 Å². The molecule has 0 radical (unpaired) electrons. The fourth-order valence-electron chi connectivity index (χ4n) is 0.800. The molecule has 0 aromatic carbocycles. The lowest BCUT2D eigenvalue weighted by Gasteiger charge is -2.12. The predicted octanol–water partition coefficient (Wildman–Crippen LogP) is -0.467. The molecule has 0 aliphatic carbocycles. The summed E-state index contributed by atoms with van der Waals surface area (Å²) in [5.74, 6) is -5.90. The molecule has 0 spiro atoms. The van der Waals surface area contributed by atoms with Crippen molar-refractivity contribution in [1.29, 1.82) is 5.26 Å². The normalized spacial score (nSPS) is 16.5. The van der Waals surface area contributed by atoms with E-state index < -0.39 is 36.7 Å². The molecule has 2 atom stereocenters. The Balaban J connectivity index is 4.45. The minimum absolute atomic E-state index is 0.167. The monoisotopic (exact) mass is 263 g/mol. The van der Waals surface area contributed by atoms with Crippen LogP contribution in [0.25, 0.3) is 0 Å². The van der Waals surface area contributed by atoms with E-state index >= 15 is 0 Å². The highest BCUT2D eigenvalue weighted by Crippen LogP contribution is 2.10. The summed E-state index contributed by atoms with van der Waals surface area (Å²) in [5, 5.41) is 27.8. The molecular weight excluding hydrogens is 248 g/mol. The summed E-state index contributed by atoms with van der Waals surface area (Å²) in [7, 11) is 0. The lowest BCUT2D eigenvalue weighted by atomic mass is 10.2. The van der Waals surface area contributed by atoms with Gasteiger partial charge in [0, 0.05) is 22.5 Å². The van der Waals surface area contributed by atoms with Gasteiger partial charge in [-0.15, -0.1) is 0 Å². The molecule has 0 aliphatic rings. The molecule has 1 amide bonds. The van der Waals surface area contributed by atoms with E-state index in [0.29, 0.717) is 0 Å². The highest BCUT2D eigenvalue weighted by Gasteiger charge is 2.21. The van der Waals surface area contributed by atoms with E-state index in [9.17, 15) is 14.4 Å². The van der Waals surface area contributed by atoms with Gasteiger partial charge in [0.1, 0.15) is 6.04 Å². The molecule has 94 valence electrons. The molecule has 0 heterocycles. The first-order valence-corrected chi connectivity index (χ1v) is 5.49. The number of amides is 1. The molecule has 0 rings (SSSR count). The van der Waals surface area contributed by atoms with Gasteiger partial charge in [0.15, 0.2) is 5.92 Å². The van der Waals surface area contributed by atoms with Crippen molar-refractivity contribution in [3.8, 4) is 6.07 Å². The zero-order chi connectivity index (χ0) is 15.9. The second kappa shape index (κ2) is 7.51. The van der Waals surface area contributed by atoms with E-state index in [0.717, 1.165) is 11.8 Å². The maximum absolute atomic E-state index is 11.1. The fraction of sp³-hybridized carbons (Fsp3) is 0.556. The predicted molar refractivity (Wildman–Crippen MR) is 59.3 cm³/mol. The number of nitrogens with zero attached hydrogens (tertiary/aromatic N) is 1. The van der Waals surface area contributed by atoms with Gasteiger partial charge in [-0.2, -0.15) is 17.0 Å². The van der Waals surface area contributed by atoms with Gasteiger partial charge < -0.3 is 15.5 Å². The first-order valence-electron chi connectivity index (χ1n) is 5.83. The van der Waals surface area contributed by atoms with Gasteiger partial charge in [0.05, 0.1) is 6.07 Å². The number of rotatable bonds is 7. The highest BCUT2D eigenvalue weighted by molar-refractivity contribution is 7.99. The van der Waals surface area contributed by atoms with Crippen LogP contribution in [0.4, 0.5) is 0 Å². The van der Waals surface area contributed by atoms with E-state index in [1.54, 1.807) is 0 Å². The number of carboxylic acid groups (broad SMARTS) is 2. The smallest absolute Gasteiger partial charge is 0.327 e. The molecule has 0 bridgehead atoms. The van der Waals surface area contributed by atoms with E-state index in [2.05, 4.69) is 0 Å². The van der Waals surface area contributed by atoms with Crippen molar-refractivity contribution >= 4 is 29.6 Å². The van der Waals surface area contributed by atoms with Gasteiger partial charge >= 0.3 is 11.9 Å². The Labute approximate surface area is 106 Å². The Morgan fingerprint density at radius 2 is 2.06 bits per heavy atom. The van der Waals surface area contributed by atoms with Crippen LogP contribution < -0.4 is 5.32 Å². The number of hydrogen-bond donors (Lipinski definition) is 3. The van der Waals surface area contributed by atoms with E-state index in [1.165, 1.54) is 6.07 Å². The summed E-state index contributed by atoms with van der Waals surface area (Å²) in [6.07, 6.45) is 0. The summed E-state index contributed by atoms with van der Waals surface area (Å²) in [4.78, 5) is 32.5. The largest absolute Gasteiger partial charge is 0.480 e. The standard InChI is InChI=1S/C9H12N2O5S/c1-5(12)11-7(9(15)16)4-17-3-6(2-10)8(13)14/h6-7H,3-4H2,1H3,(H,11,12)(H,13,14)(H,15,16)/t6?,7-/m0/s1/i1D3. The molecule has 8 heteroatoms. The lowest BCUT2D eigenvalue weighted by Crippen LogP contribution is -2.41. The van der Waals surface area contributed by atoms with Crippen molar-refractivity contribution in [2.24, 2.45) is 5.92 Å². The second-order valence-electron chi connectivity index (χ2n) is 2.92. The first-order chi connectivity index (χ1) is 9.09. The summed E-state index contributed by atoms with van der Waals surface area (Å²) in [5.41, 5.74) is 0. The van der Waals surface area contributed by atoms with Crippen LogP contribution in [0.5, 0.6) is 0 Å². The number of thioether (sulfide) groups is 1. The number of carboxylic acids is 2. The SMILES string of the molecule is [2H]C([2H])([2H])C(=O)N[C@@H](CSCC(C#N)C(=O)O)C(=O)O. The van der Waals surface area contributed by atoms with Crippen molar-refractivity contribution in [3.63, 3.8) is 0 Å². The molecule has 0 aromatic heterocycles. The van der Waals surface area contributed by atoms with Gasteiger partial charge in [-0.1, -0.05) is 0 Å². The molecule has 0 fully saturated rings. The van der Waals surface area contributed by atoms with Crippen LogP contribution in [0.2, 0.25) is 0 Å². The van der Waals surface area contributed by atoms with Crippen LogP contribution in [-0.2, 0) is 14.4 Å². The summed E-state index contributed by atoms with van der Waals surface area (Å²) >= 11 is 0.821. The van der Waals surface area contributed by atoms with Gasteiger partial charge in [-0.3, -0.25) is 9.59 Å². The van der Waals surface area contributed by atoms with E-state index in [-0.39, 0.29) is 11.5 Å². The Bertz CT molecular complexity index is 434. The minimum Gasteiger partial charge on any atom is -0.480 e. The zero-order valence-electron chi connectivity index (χ0n) is 11.5. The second-order valence-corrected chi connectivity index (χ2v) is 4.00. The molecule has 1 unspecified atom stereocenters. The number of nitrogens with one attached hydrogen (secondary N) is 1. The average Bonchev–Trinajstić information content (AvgIpc) is 2.30. The van der Waals surface area contributed by atoms with Crippen molar-refractivity contribution in [2.45, 2.75) is 12.9 Å². The van der Waals surface area contributed by atoms with Crippen molar-refractivity contribution < 1.29 is 28.7 Å². The molecule has 0 saturated heterocycles. The van der Waals surface area contributed by atoms with Crippen LogP contribution in [0.3, 0.4) is 0 Å². The van der Waals surface area contributed by atoms with Gasteiger partial charge in [-0.25, -0.2) is 4.79 Å². The van der Waals surface area contributed by atoms with E-state index in [1.807, 2.05) is 5.32 Å². The maximum Gasteiger partial charge on any atom is 0.327 e. The summed E-state index contributed by atoms with van der Waals surface area (Å²) < 4.78 is 20.4. The Kier molecular flexibility index (Phi) is 4.60. The van der Waals surface area contributed by atoms with Gasteiger partial charge in [-0.05, 0) is 0 Å². The van der Waals surface area contributed by atoms with Crippen LogP contribution in [-0.4, -0.2) is 45.6 Å². The minimum atomic E-state index is -2.96. The summed E-state index contributed by atoms with van der Waals surface area (Å²) in [6.45, 7) is -2.96. The molecule has 0 saturated carbocycles. The fourth-order valence-corrected chi connectivity index (χ4v) is 1.85. The number of carbonyl (C=O) groups is 3. The van der Waals surface area contributed by atoms with Gasteiger partial charge in [0.2, 0.25) is 5.91 Å². The van der Waals surface area contributed by atoms with Crippen LogP contribution in [0.15, 0.2) is 0 Å². The molecule has 17 heavy (non-hydrogen) atoms. The highest BCUT2D eigenvalue weighted by atomic mass is 32.2. The van der Waals surface area contributed by atoms with Crippen LogP contribution in [0, 0.1) is 17.2 Å². The lowest BCUT2D eigenvalue weighted by molar-refractivity contribution is -0.140. The van der Waals surface area contributed by atoms with Crippen molar-refractivity contribution in [3.05, 3.63) is 0 Å². The first kappa shape index (κ1) is 10.4. The molecule has 3 N–H and O–H groups in total. The van der Waals surface area contributed by atoms with Crippen molar-refractivity contribution in [2.75, 3.05) is 11.5 Å². The third-order valence-electron chi connectivity index (χ3n) is 1.63. The van der Waals surface area contributed by atoms with Gasteiger partial charge in [0.25, 0.3) is 0 Å². The topological polar surface area (TPSA) is 127 Å². The Hall–Kier alpha value is -1.75. The number of aliphatic carboxylic acids is 2. The Morgan fingerprint density at radius 3 is 2.47 bits per heavy atom.